The van der Waals surface area contributed by atoms with Gasteiger partial charge in [0.2, 0.25) is 0 Å². The third-order valence-corrected chi connectivity index (χ3v) is 4.43. The smallest absolute Gasteiger partial charge is 0.407 e. The number of fused-ring (bicyclic) bond motifs is 3. The molecule has 0 spiro atoms. The van der Waals surface area contributed by atoms with Crippen LogP contribution in [0.25, 0.3) is 11.1 Å². The second-order valence-corrected chi connectivity index (χ2v) is 5.96. The number of hydrogen-bond acceptors (Lipinski definition) is 5. The number of nitrogens with one attached hydrogen (secondary N) is 2. The Morgan fingerprint density at radius 3 is 2.40 bits per heavy atom. The molecule has 0 saturated carbocycles. The SMILES string of the molecule is CC(NC(=O)OCC1c2ccccc2-c2ccccc21)c1nn[nH]n1. The van der Waals surface area contributed by atoms with Crippen molar-refractivity contribution in [2.75, 3.05) is 6.61 Å². The number of nitrogens with zero attached hydrogens (tertiary/aromatic N) is 3. The topological polar surface area (TPSA) is 92.8 Å². The molecule has 126 valence electrons. The van der Waals surface area contributed by atoms with Gasteiger partial charge in [0.25, 0.3) is 0 Å². The van der Waals surface area contributed by atoms with Crippen LogP contribution in [0.5, 0.6) is 0 Å². The van der Waals surface area contributed by atoms with Gasteiger partial charge in [0, 0.05) is 5.92 Å². The van der Waals surface area contributed by atoms with Crippen molar-refractivity contribution in [2.45, 2.75) is 18.9 Å². The molecule has 0 radical (unpaired) electrons. The summed E-state index contributed by atoms with van der Waals surface area (Å²) in [6, 6.07) is 16.1. The number of H-pyrrole nitrogens is 1. The molecular weight excluding hydrogens is 318 g/mol. The number of aromatic nitrogens is 4. The molecule has 1 aromatic heterocycles. The highest BCUT2D eigenvalue weighted by Gasteiger charge is 2.29. The number of amides is 1. The lowest BCUT2D eigenvalue weighted by Gasteiger charge is -2.15. The van der Waals surface area contributed by atoms with Crippen molar-refractivity contribution in [2.24, 2.45) is 0 Å². The van der Waals surface area contributed by atoms with Crippen LogP contribution in [0.15, 0.2) is 48.5 Å². The quantitative estimate of drug-likeness (QED) is 0.765. The van der Waals surface area contributed by atoms with Gasteiger partial charge in [-0.3, -0.25) is 0 Å². The van der Waals surface area contributed by atoms with Crippen molar-refractivity contribution in [3.8, 4) is 11.1 Å². The zero-order chi connectivity index (χ0) is 17.2. The molecule has 0 saturated heterocycles. The average molecular weight is 335 g/mol. The third-order valence-electron chi connectivity index (χ3n) is 4.43. The zero-order valence-corrected chi connectivity index (χ0v) is 13.6. The Morgan fingerprint density at radius 1 is 1.16 bits per heavy atom. The van der Waals surface area contributed by atoms with Gasteiger partial charge in [-0.15, -0.1) is 10.2 Å². The van der Waals surface area contributed by atoms with Crippen LogP contribution in [0.1, 0.15) is 35.8 Å². The van der Waals surface area contributed by atoms with Crippen molar-refractivity contribution >= 4 is 6.09 Å². The van der Waals surface area contributed by atoms with Crippen LogP contribution < -0.4 is 5.32 Å². The summed E-state index contributed by atoms with van der Waals surface area (Å²) in [5.74, 6) is 0.451. The number of aromatic amines is 1. The molecule has 7 heteroatoms. The number of carbonyl (C=O) groups is 1. The Kier molecular flexibility index (Phi) is 3.89. The van der Waals surface area contributed by atoms with Gasteiger partial charge in [-0.2, -0.15) is 5.21 Å². The molecule has 1 aliphatic carbocycles. The van der Waals surface area contributed by atoms with E-state index in [2.05, 4.69) is 50.2 Å². The van der Waals surface area contributed by atoms with E-state index in [0.717, 1.165) is 0 Å². The van der Waals surface area contributed by atoms with E-state index in [-0.39, 0.29) is 18.6 Å². The highest BCUT2D eigenvalue weighted by Crippen LogP contribution is 2.44. The number of carbonyl (C=O) groups excluding carboxylic acids is 1. The van der Waals surface area contributed by atoms with Crippen LogP contribution in [0, 0.1) is 0 Å². The molecule has 0 bridgehead atoms. The van der Waals surface area contributed by atoms with E-state index in [4.69, 9.17) is 4.74 Å². The molecule has 25 heavy (non-hydrogen) atoms. The largest absolute Gasteiger partial charge is 0.449 e. The fraction of sp³-hybridized carbons (Fsp3) is 0.222. The first-order valence-electron chi connectivity index (χ1n) is 8.09. The van der Waals surface area contributed by atoms with Crippen LogP contribution >= 0.6 is 0 Å². The van der Waals surface area contributed by atoms with Crippen LogP contribution in [0.4, 0.5) is 4.79 Å². The first-order valence-corrected chi connectivity index (χ1v) is 8.09. The first kappa shape index (κ1) is 15.3. The fourth-order valence-corrected chi connectivity index (χ4v) is 3.23. The van der Waals surface area contributed by atoms with E-state index in [0.29, 0.717) is 5.82 Å². The van der Waals surface area contributed by atoms with Gasteiger partial charge in [-0.25, -0.2) is 4.79 Å². The van der Waals surface area contributed by atoms with Crippen LogP contribution in [0.3, 0.4) is 0 Å². The predicted octanol–water partition coefficient (Wildman–Crippen LogP) is 2.80. The van der Waals surface area contributed by atoms with Gasteiger partial charge in [-0.1, -0.05) is 53.7 Å². The lowest BCUT2D eigenvalue weighted by Crippen LogP contribution is -2.29. The Labute approximate surface area is 144 Å². The van der Waals surface area contributed by atoms with E-state index in [1.807, 2.05) is 24.3 Å². The Hall–Kier alpha value is -3.22. The van der Waals surface area contributed by atoms with E-state index in [1.54, 1.807) is 6.92 Å². The molecule has 2 aromatic carbocycles. The Bertz CT molecular complexity index is 848. The molecule has 0 fully saturated rings. The minimum Gasteiger partial charge on any atom is -0.449 e. The number of rotatable bonds is 4. The van der Waals surface area contributed by atoms with E-state index in [1.165, 1.54) is 22.3 Å². The molecule has 1 amide bonds. The first-order chi connectivity index (χ1) is 12.2. The zero-order valence-electron chi connectivity index (χ0n) is 13.6. The number of ether oxygens (including phenoxy) is 1. The average Bonchev–Trinajstić information content (AvgIpc) is 3.27. The Morgan fingerprint density at radius 2 is 1.80 bits per heavy atom. The highest BCUT2D eigenvalue weighted by molar-refractivity contribution is 5.79. The Balaban J connectivity index is 1.47. The number of alkyl carbamates (subject to hydrolysis) is 1. The second-order valence-electron chi connectivity index (χ2n) is 5.96. The van der Waals surface area contributed by atoms with Crippen molar-refractivity contribution < 1.29 is 9.53 Å². The summed E-state index contributed by atoms with van der Waals surface area (Å²) in [5.41, 5.74) is 4.77. The molecule has 3 aromatic rings. The van der Waals surface area contributed by atoms with Gasteiger partial charge in [0.05, 0.1) is 6.04 Å². The number of tetrazole rings is 1. The van der Waals surface area contributed by atoms with Crippen LogP contribution in [-0.4, -0.2) is 33.3 Å². The molecule has 4 rings (SSSR count). The number of hydrogen-bond donors (Lipinski definition) is 2. The monoisotopic (exact) mass is 335 g/mol. The van der Waals surface area contributed by atoms with Gasteiger partial charge >= 0.3 is 6.09 Å². The fourth-order valence-electron chi connectivity index (χ4n) is 3.23. The van der Waals surface area contributed by atoms with Crippen LogP contribution in [-0.2, 0) is 4.74 Å². The maximum Gasteiger partial charge on any atom is 0.407 e. The summed E-state index contributed by atoms with van der Waals surface area (Å²) in [6.07, 6.45) is -0.501. The number of benzene rings is 2. The van der Waals surface area contributed by atoms with E-state index < -0.39 is 6.09 Å². The normalized spacial score (nSPS) is 13.8. The van der Waals surface area contributed by atoms with E-state index in [9.17, 15) is 4.79 Å². The lowest BCUT2D eigenvalue weighted by atomic mass is 9.98. The van der Waals surface area contributed by atoms with Gasteiger partial charge in [0.15, 0.2) is 5.82 Å². The standard InChI is InChI=1S/C18H17N5O2/c1-11(17-20-22-23-21-17)19-18(24)25-10-16-14-8-4-2-6-12(14)13-7-3-5-9-15(13)16/h2-9,11,16H,10H2,1H3,(H,19,24)(H,20,21,22,23). The third kappa shape index (κ3) is 2.84. The molecule has 1 unspecified atom stereocenters. The highest BCUT2D eigenvalue weighted by atomic mass is 16.5. The maximum absolute atomic E-state index is 12.1. The molecular formula is C18H17N5O2. The molecule has 1 heterocycles. The molecule has 2 N–H and O–H groups in total. The molecule has 0 aliphatic heterocycles. The summed E-state index contributed by atoms with van der Waals surface area (Å²) in [5, 5.41) is 16.2. The molecule has 1 atom stereocenters. The maximum atomic E-state index is 12.1. The summed E-state index contributed by atoms with van der Waals surface area (Å²) in [4.78, 5) is 12.1. The van der Waals surface area contributed by atoms with Crippen LogP contribution in [0.2, 0.25) is 0 Å². The summed E-state index contributed by atoms with van der Waals surface area (Å²) < 4.78 is 5.47. The van der Waals surface area contributed by atoms with Crippen molar-refractivity contribution in [1.82, 2.24) is 25.9 Å². The van der Waals surface area contributed by atoms with Crippen molar-refractivity contribution in [1.29, 1.82) is 0 Å². The lowest BCUT2D eigenvalue weighted by molar-refractivity contribution is 0.139. The molecule has 7 nitrogen and oxygen atoms in total. The molecule has 1 aliphatic rings. The minimum atomic E-state index is -0.501. The summed E-state index contributed by atoms with van der Waals surface area (Å²) >= 11 is 0. The van der Waals surface area contributed by atoms with Gasteiger partial charge < -0.3 is 10.1 Å². The summed E-state index contributed by atoms with van der Waals surface area (Å²) in [6.45, 7) is 2.05. The van der Waals surface area contributed by atoms with Gasteiger partial charge in [0.1, 0.15) is 6.61 Å². The van der Waals surface area contributed by atoms with E-state index >= 15 is 0 Å². The van der Waals surface area contributed by atoms with Crippen molar-refractivity contribution in [3.05, 3.63) is 65.5 Å². The minimum absolute atomic E-state index is 0.0404. The second kappa shape index (κ2) is 6.35. The predicted molar refractivity (Wildman–Crippen MR) is 90.8 cm³/mol. The summed E-state index contributed by atoms with van der Waals surface area (Å²) in [7, 11) is 0. The van der Waals surface area contributed by atoms with Gasteiger partial charge in [-0.05, 0) is 29.2 Å². The van der Waals surface area contributed by atoms with Crippen molar-refractivity contribution in [3.63, 3.8) is 0 Å².